The van der Waals surface area contributed by atoms with Gasteiger partial charge >= 0.3 is 0 Å². The van der Waals surface area contributed by atoms with Gasteiger partial charge in [0.15, 0.2) is 0 Å². The first-order valence-electron chi connectivity index (χ1n) is 7.70. The number of hydrogen-bond acceptors (Lipinski definition) is 3. The van der Waals surface area contributed by atoms with Gasteiger partial charge in [0.05, 0.1) is 13.2 Å². The lowest BCUT2D eigenvalue weighted by Crippen LogP contribution is -2.42. The van der Waals surface area contributed by atoms with Crippen molar-refractivity contribution >= 4 is 17.5 Å². The van der Waals surface area contributed by atoms with Crippen molar-refractivity contribution in [3.8, 4) is 0 Å². The summed E-state index contributed by atoms with van der Waals surface area (Å²) in [6.07, 6.45) is 0.340. The third-order valence-electron chi connectivity index (χ3n) is 3.94. The molecule has 0 aromatic heterocycles. The number of benzene rings is 1. The van der Waals surface area contributed by atoms with E-state index < -0.39 is 0 Å². The van der Waals surface area contributed by atoms with Crippen molar-refractivity contribution in [2.75, 3.05) is 37.7 Å². The Hall–Kier alpha value is -1.88. The maximum Gasteiger partial charge on any atom is 0.224 e. The van der Waals surface area contributed by atoms with Crippen molar-refractivity contribution < 1.29 is 14.3 Å². The van der Waals surface area contributed by atoms with E-state index in [1.54, 1.807) is 11.8 Å². The molecule has 22 heavy (non-hydrogen) atoms. The number of morpholine rings is 1. The highest BCUT2D eigenvalue weighted by Crippen LogP contribution is 2.21. The Morgan fingerprint density at radius 2 is 1.91 bits per heavy atom. The van der Waals surface area contributed by atoms with Crippen molar-refractivity contribution in [3.05, 3.63) is 29.3 Å². The minimum Gasteiger partial charge on any atom is -0.378 e. The van der Waals surface area contributed by atoms with Gasteiger partial charge in [-0.25, -0.2) is 0 Å². The quantitative estimate of drug-likeness (QED) is 0.854. The minimum absolute atomic E-state index is 0.0401. The van der Waals surface area contributed by atoms with Crippen LogP contribution < -0.4 is 4.90 Å². The molecule has 1 aromatic carbocycles. The van der Waals surface area contributed by atoms with E-state index in [9.17, 15) is 9.59 Å². The number of ether oxygens (including phenoxy) is 1. The molecule has 5 nitrogen and oxygen atoms in total. The molecule has 0 unspecified atom stereocenters. The van der Waals surface area contributed by atoms with Gasteiger partial charge in [-0.1, -0.05) is 17.7 Å². The van der Waals surface area contributed by atoms with Crippen molar-refractivity contribution in [3.63, 3.8) is 0 Å². The number of aryl methyl sites for hydroxylation is 2. The molecule has 1 aliphatic heterocycles. The predicted molar refractivity (Wildman–Crippen MR) is 86.0 cm³/mol. The summed E-state index contributed by atoms with van der Waals surface area (Å²) in [5.41, 5.74) is 3.09. The van der Waals surface area contributed by atoms with Gasteiger partial charge in [-0.3, -0.25) is 9.59 Å². The molecule has 1 aliphatic rings. The monoisotopic (exact) mass is 304 g/mol. The van der Waals surface area contributed by atoms with Crippen molar-refractivity contribution in [2.24, 2.45) is 0 Å². The van der Waals surface area contributed by atoms with Crippen LogP contribution in [0.4, 0.5) is 5.69 Å². The van der Waals surface area contributed by atoms with Gasteiger partial charge in [-0.05, 0) is 25.5 Å². The molecule has 0 radical (unpaired) electrons. The Morgan fingerprint density at radius 1 is 1.23 bits per heavy atom. The zero-order chi connectivity index (χ0) is 16.1. The normalized spacial score (nSPS) is 14.8. The maximum absolute atomic E-state index is 12.2. The molecular weight excluding hydrogens is 280 g/mol. The smallest absolute Gasteiger partial charge is 0.224 e. The highest BCUT2D eigenvalue weighted by Gasteiger charge is 2.20. The molecule has 0 N–H and O–H groups in total. The number of carbonyl (C=O) groups excluding carboxylic acids is 2. The first kappa shape index (κ1) is 16.5. The summed E-state index contributed by atoms with van der Waals surface area (Å²) in [5.74, 6) is 0.0426. The molecule has 1 aromatic rings. The van der Waals surface area contributed by atoms with Gasteiger partial charge in [0, 0.05) is 38.7 Å². The van der Waals surface area contributed by atoms with Crippen LogP contribution in [0.5, 0.6) is 0 Å². The molecule has 2 amide bonds. The molecule has 2 rings (SSSR count). The molecule has 0 spiro atoms. The van der Waals surface area contributed by atoms with Gasteiger partial charge in [-0.15, -0.1) is 0 Å². The van der Waals surface area contributed by atoms with E-state index in [0.717, 1.165) is 16.8 Å². The van der Waals surface area contributed by atoms with Crippen LogP contribution in [0.1, 0.15) is 24.5 Å². The van der Waals surface area contributed by atoms with Crippen LogP contribution in [0.3, 0.4) is 0 Å². The van der Waals surface area contributed by atoms with E-state index in [2.05, 4.69) is 6.07 Å². The number of rotatable bonds is 4. The van der Waals surface area contributed by atoms with Crippen LogP contribution in [-0.4, -0.2) is 49.6 Å². The molecule has 1 heterocycles. The Kier molecular flexibility index (Phi) is 5.55. The highest BCUT2D eigenvalue weighted by atomic mass is 16.5. The number of carbonyl (C=O) groups is 2. The number of hydrogen-bond donors (Lipinski definition) is 0. The Bertz CT molecular complexity index is 551. The van der Waals surface area contributed by atoms with Crippen LogP contribution in [0.2, 0.25) is 0 Å². The zero-order valence-electron chi connectivity index (χ0n) is 13.6. The zero-order valence-corrected chi connectivity index (χ0v) is 13.6. The molecular formula is C17H24N2O3. The topological polar surface area (TPSA) is 49.9 Å². The summed E-state index contributed by atoms with van der Waals surface area (Å²) >= 11 is 0. The summed E-state index contributed by atoms with van der Waals surface area (Å²) in [6.45, 7) is 8.44. The average Bonchev–Trinajstić information content (AvgIpc) is 2.49. The Morgan fingerprint density at radius 3 is 2.50 bits per heavy atom. The van der Waals surface area contributed by atoms with Gasteiger partial charge in [-0.2, -0.15) is 0 Å². The van der Waals surface area contributed by atoms with E-state index >= 15 is 0 Å². The standard InChI is InChI=1S/C17H24N2O3/c1-13-4-5-16(14(2)12-13)19(15(3)20)7-6-17(21)18-8-10-22-11-9-18/h4-5,12H,6-11H2,1-3H3. The maximum atomic E-state index is 12.2. The van der Waals surface area contributed by atoms with Crippen molar-refractivity contribution in [2.45, 2.75) is 27.2 Å². The second-order valence-corrected chi connectivity index (χ2v) is 5.70. The van der Waals surface area contributed by atoms with E-state index in [-0.39, 0.29) is 11.8 Å². The van der Waals surface area contributed by atoms with Crippen LogP contribution in [0.25, 0.3) is 0 Å². The fourth-order valence-corrected chi connectivity index (χ4v) is 2.73. The molecule has 120 valence electrons. The summed E-state index contributed by atoms with van der Waals surface area (Å²) in [4.78, 5) is 27.7. The van der Waals surface area contributed by atoms with Crippen molar-refractivity contribution in [1.82, 2.24) is 4.90 Å². The molecule has 0 atom stereocenters. The first-order chi connectivity index (χ1) is 10.5. The summed E-state index contributed by atoms with van der Waals surface area (Å²) in [6, 6.07) is 5.99. The van der Waals surface area contributed by atoms with Crippen molar-refractivity contribution in [1.29, 1.82) is 0 Å². The van der Waals surface area contributed by atoms with Crippen LogP contribution in [-0.2, 0) is 14.3 Å². The molecule has 0 saturated carbocycles. The van der Waals surface area contributed by atoms with E-state index in [1.165, 1.54) is 0 Å². The molecule has 0 aliphatic carbocycles. The van der Waals surface area contributed by atoms with Crippen LogP contribution in [0, 0.1) is 13.8 Å². The lowest BCUT2D eigenvalue weighted by molar-refractivity contribution is -0.135. The largest absolute Gasteiger partial charge is 0.378 e. The third kappa shape index (κ3) is 4.07. The fraction of sp³-hybridized carbons (Fsp3) is 0.529. The second-order valence-electron chi connectivity index (χ2n) is 5.70. The average molecular weight is 304 g/mol. The number of nitrogens with zero attached hydrogens (tertiary/aromatic N) is 2. The van der Waals surface area contributed by atoms with Gasteiger partial charge in [0.1, 0.15) is 0 Å². The second kappa shape index (κ2) is 7.40. The lowest BCUT2D eigenvalue weighted by Gasteiger charge is -2.28. The highest BCUT2D eigenvalue weighted by molar-refractivity contribution is 5.93. The Balaban J connectivity index is 2.02. The number of anilines is 1. The van der Waals surface area contributed by atoms with Gasteiger partial charge in [0.2, 0.25) is 11.8 Å². The van der Waals surface area contributed by atoms with Crippen LogP contribution in [0.15, 0.2) is 18.2 Å². The minimum atomic E-state index is -0.0401. The summed E-state index contributed by atoms with van der Waals surface area (Å²) < 4.78 is 5.25. The van der Waals surface area contributed by atoms with E-state index in [0.29, 0.717) is 39.3 Å². The Labute approximate surface area is 131 Å². The van der Waals surface area contributed by atoms with Gasteiger partial charge in [0.25, 0.3) is 0 Å². The summed E-state index contributed by atoms with van der Waals surface area (Å²) in [5, 5.41) is 0. The molecule has 1 saturated heterocycles. The summed E-state index contributed by atoms with van der Waals surface area (Å²) in [7, 11) is 0. The SMILES string of the molecule is CC(=O)N(CCC(=O)N1CCOCC1)c1ccc(C)cc1C. The fourth-order valence-electron chi connectivity index (χ4n) is 2.73. The molecule has 1 fully saturated rings. The first-order valence-corrected chi connectivity index (χ1v) is 7.70. The van der Waals surface area contributed by atoms with E-state index in [4.69, 9.17) is 4.74 Å². The molecule has 0 bridgehead atoms. The third-order valence-corrected chi connectivity index (χ3v) is 3.94. The van der Waals surface area contributed by atoms with E-state index in [1.807, 2.05) is 30.9 Å². The number of amides is 2. The predicted octanol–water partition coefficient (Wildman–Crippen LogP) is 1.91. The van der Waals surface area contributed by atoms with Crippen LogP contribution >= 0.6 is 0 Å². The lowest BCUT2D eigenvalue weighted by atomic mass is 10.1. The molecule has 5 heteroatoms. The van der Waals surface area contributed by atoms with Gasteiger partial charge < -0.3 is 14.5 Å².